The first-order valence-corrected chi connectivity index (χ1v) is 14.5. The zero-order chi connectivity index (χ0) is 30.9. The van der Waals surface area contributed by atoms with Crippen molar-refractivity contribution in [3.63, 3.8) is 0 Å². The molecule has 43 heavy (non-hydrogen) atoms. The largest absolute Gasteiger partial charge is 0.453 e. The number of carbonyl (C=O) groups excluding carboxylic acids is 1. The van der Waals surface area contributed by atoms with Gasteiger partial charge in [0.1, 0.15) is 18.0 Å². The molecular formula is C34H35F3NO5+. The molecule has 1 N–H and O–H groups in total. The third-order valence-electron chi connectivity index (χ3n) is 8.04. The Morgan fingerprint density at radius 2 is 1.56 bits per heavy atom. The number of hydrogen-bond acceptors (Lipinski definition) is 5. The minimum absolute atomic E-state index is 0.0601. The molecule has 0 atom stereocenters. The smallest absolute Gasteiger partial charge is 0.449 e. The maximum Gasteiger partial charge on any atom is 0.453 e. The molecule has 0 unspecified atom stereocenters. The average molecular weight is 595 g/mol. The highest BCUT2D eigenvalue weighted by atomic mass is 19.4. The first kappa shape index (κ1) is 30.4. The van der Waals surface area contributed by atoms with E-state index in [0.29, 0.717) is 11.1 Å². The molecule has 1 aliphatic heterocycles. The lowest BCUT2D eigenvalue weighted by Gasteiger charge is -2.21. The van der Waals surface area contributed by atoms with E-state index in [2.05, 4.69) is 0 Å². The van der Waals surface area contributed by atoms with E-state index < -0.39 is 29.1 Å². The third kappa shape index (κ3) is 6.62. The van der Waals surface area contributed by atoms with Gasteiger partial charge >= 0.3 is 12.1 Å². The number of carbonyl (C=O) groups is 1. The van der Waals surface area contributed by atoms with Crippen LogP contribution in [0.4, 0.5) is 13.2 Å². The van der Waals surface area contributed by atoms with Gasteiger partial charge in [-0.05, 0) is 100 Å². The second kappa shape index (κ2) is 12.2. The summed E-state index contributed by atoms with van der Waals surface area (Å²) >= 11 is 0. The summed E-state index contributed by atoms with van der Waals surface area (Å²) < 4.78 is 60.7. The van der Waals surface area contributed by atoms with Gasteiger partial charge in [-0.15, -0.1) is 0 Å². The average Bonchev–Trinajstić information content (AvgIpc) is 3.22. The lowest BCUT2D eigenvalue weighted by atomic mass is 10.1. The molecule has 2 heterocycles. The predicted octanol–water partition coefficient (Wildman–Crippen LogP) is 7.02. The zero-order valence-corrected chi connectivity index (χ0v) is 24.7. The first-order valence-electron chi connectivity index (χ1n) is 14.5. The van der Waals surface area contributed by atoms with Crippen LogP contribution in [-0.4, -0.2) is 19.1 Å². The molecule has 0 saturated carbocycles. The van der Waals surface area contributed by atoms with Crippen molar-refractivity contribution < 1.29 is 36.8 Å². The zero-order valence-electron chi connectivity index (χ0n) is 24.7. The highest BCUT2D eigenvalue weighted by Gasteiger charge is 2.41. The van der Waals surface area contributed by atoms with Crippen molar-refractivity contribution in [2.24, 2.45) is 0 Å². The summed E-state index contributed by atoms with van der Waals surface area (Å²) in [6.45, 7) is 9.04. The fourth-order valence-corrected chi connectivity index (χ4v) is 5.54. The monoisotopic (exact) mass is 594 g/mol. The van der Waals surface area contributed by atoms with Crippen LogP contribution in [0.1, 0.15) is 69.6 Å². The number of aryl methyl sites for hydroxylation is 3. The number of rotatable bonds is 6. The van der Waals surface area contributed by atoms with Gasteiger partial charge in [0, 0.05) is 0 Å². The van der Waals surface area contributed by atoms with Gasteiger partial charge < -0.3 is 18.8 Å². The summed E-state index contributed by atoms with van der Waals surface area (Å²) in [5.41, 5.74) is 2.50. The molecule has 9 heteroatoms. The van der Waals surface area contributed by atoms with Gasteiger partial charge in [0.25, 0.3) is 5.76 Å². The molecule has 0 bridgehead atoms. The van der Waals surface area contributed by atoms with Crippen LogP contribution < -0.4 is 19.8 Å². The van der Waals surface area contributed by atoms with E-state index in [4.69, 9.17) is 13.9 Å². The molecule has 226 valence electrons. The number of ether oxygens (including phenoxy) is 2. The Morgan fingerprint density at radius 1 is 0.884 bits per heavy atom. The molecule has 6 nitrogen and oxygen atoms in total. The topological polar surface area (TPSA) is 70.2 Å². The second-order valence-electron chi connectivity index (χ2n) is 11.4. The van der Waals surface area contributed by atoms with Crippen molar-refractivity contribution >= 4 is 16.9 Å². The van der Waals surface area contributed by atoms with Gasteiger partial charge in [-0.3, -0.25) is 4.79 Å². The van der Waals surface area contributed by atoms with Gasteiger partial charge in [-0.1, -0.05) is 23.8 Å². The third-order valence-corrected chi connectivity index (χ3v) is 8.04. The Balaban J connectivity index is 1.68. The van der Waals surface area contributed by atoms with Gasteiger partial charge in [-0.25, -0.2) is 4.79 Å². The fraction of sp³-hybridized carbons (Fsp3) is 0.353. The number of esters is 1. The molecule has 0 radical (unpaired) electrons. The summed E-state index contributed by atoms with van der Waals surface area (Å²) in [6, 6.07) is 13.1. The number of nitrogens with one attached hydrogen (secondary N) is 1. The van der Waals surface area contributed by atoms with Crippen LogP contribution >= 0.6 is 0 Å². The molecule has 3 aromatic carbocycles. The van der Waals surface area contributed by atoms with Gasteiger partial charge in [0.05, 0.1) is 29.6 Å². The number of quaternary nitrogens is 1. The SMILES string of the molecule is Cc1ccc(C(=O)Oc2ccc3c(=O)c(Oc4cc(C)cc(C)c4C)c(C(F)(F)F)oc3c2C[NH+]2CCCCCC2)cc1. The summed E-state index contributed by atoms with van der Waals surface area (Å²) in [4.78, 5) is 28.0. The summed E-state index contributed by atoms with van der Waals surface area (Å²) in [7, 11) is 0. The van der Waals surface area contributed by atoms with Crippen molar-refractivity contribution in [3.05, 3.63) is 97.9 Å². The highest BCUT2D eigenvalue weighted by Crippen LogP contribution is 2.41. The molecule has 1 saturated heterocycles. The Kier molecular flexibility index (Phi) is 8.64. The van der Waals surface area contributed by atoms with Crippen LogP contribution in [0.25, 0.3) is 11.0 Å². The molecule has 1 fully saturated rings. The van der Waals surface area contributed by atoms with E-state index in [1.165, 1.54) is 12.1 Å². The first-order chi connectivity index (χ1) is 20.4. The van der Waals surface area contributed by atoms with Crippen LogP contribution in [0, 0.1) is 27.7 Å². The number of benzene rings is 3. The molecule has 4 aromatic rings. The maximum absolute atomic E-state index is 14.5. The molecule has 5 rings (SSSR count). The van der Waals surface area contributed by atoms with E-state index in [-0.39, 0.29) is 34.6 Å². The Bertz CT molecular complexity index is 1720. The summed E-state index contributed by atoms with van der Waals surface area (Å²) in [5, 5.41) is -0.0793. The molecule has 1 aliphatic rings. The molecular weight excluding hydrogens is 559 g/mol. The van der Waals surface area contributed by atoms with E-state index in [1.807, 2.05) is 19.9 Å². The standard InChI is InChI=1S/C34H34F3NO5/c1-20-9-11-24(12-10-20)33(40)42-27-14-13-25-29(39)31(41-28-18-21(2)17-22(3)23(28)4)32(34(35,36)37)43-30(25)26(27)19-38-15-7-5-6-8-16-38/h9-14,17-18H,5-8,15-16,19H2,1-4H3/p+1. The van der Waals surface area contributed by atoms with Crippen LogP contribution in [-0.2, 0) is 12.7 Å². The minimum atomic E-state index is -5.03. The van der Waals surface area contributed by atoms with Gasteiger partial charge in [-0.2, -0.15) is 13.2 Å². The molecule has 1 aromatic heterocycles. The maximum atomic E-state index is 14.5. The second-order valence-corrected chi connectivity index (χ2v) is 11.4. The number of likely N-dealkylation sites (tertiary alicyclic amines) is 1. The number of hydrogen-bond donors (Lipinski definition) is 1. The van der Waals surface area contributed by atoms with Crippen molar-refractivity contribution in [1.82, 2.24) is 0 Å². The molecule has 0 amide bonds. The Labute approximate surface area is 248 Å². The summed E-state index contributed by atoms with van der Waals surface area (Å²) in [5.74, 6) is -2.91. The van der Waals surface area contributed by atoms with E-state index >= 15 is 0 Å². The van der Waals surface area contributed by atoms with E-state index in [9.17, 15) is 22.8 Å². The van der Waals surface area contributed by atoms with Crippen LogP contribution in [0.5, 0.6) is 17.2 Å². The van der Waals surface area contributed by atoms with E-state index in [1.54, 1.807) is 44.2 Å². The van der Waals surface area contributed by atoms with Gasteiger partial charge in [0.15, 0.2) is 5.58 Å². The lowest BCUT2D eigenvalue weighted by molar-refractivity contribution is -0.913. The van der Waals surface area contributed by atoms with Crippen LogP contribution in [0.15, 0.2) is 57.7 Å². The highest BCUT2D eigenvalue weighted by molar-refractivity contribution is 5.92. The summed E-state index contributed by atoms with van der Waals surface area (Å²) in [6.07, 6.45) is -0.968. The van der Waals surface area contributed by atoms with Gasteiger partial charge in [0.2, 0.25) is 11.2 Å². The predicted molar refractivity (Wildman–Crippen MR) is 157 cm³/mol. The normalized spacial score (nSPS) is 14.5. The minimum Gasteiger partial charge on any atom is -0.449 e. The van der Waals surface area contributed by atoms with Crippen molar-refractivity contribution in [3.8, 4) is 17.2 Å². The quantitative estimate of drug-likeness (QED) is 0.192. The number of fused-ring (bicyclic) bond motifs is 1. The number of halogens is 3. The van der Waals surface area contributed by atoms with Crippen molar-refractivity contribution in [2.45, 2.75) is 66.1 Å². The number of alkyl halides is 3. The van der Waals surface area contributed by atoms with Crippen molar-refractivity contribution in [1.29, 1.82) is 0 Å². The Hall–Kier alpha value is -4.11. The fourth-order valence-electron chi connectivity index (χ4n) is 5.54. The lowest BCUT2D eigenvalue weighted by Crippen LogP contribution is -3.10. The van der Waals surface area contributed by atoms with E-state index in [0.717, 1.165) is 60.4 Å². The van der Waals surface area contributed by atoms with Crippen molar-refractivity contribution in [2.75, 3.05) is 13.1 Å². The Morgan fingerprint density at radius 3 is 2.21 bits per heavy atom. The van der Waals surface area contributed by atoms with Crippen LogP contribution in [0.3, 0.4) is 0 Å². The molecule has 0 spiro atoms. The molecule has 0 aliphatic carbocycles. The van der Waals surface area contributed by atoms with Crippen LogP contribution in [0.2, 0.25) is 0 Å².